The van der Waals surface area contributed by atoms with Gasteiger partial charge in [0.1, 0.15) is 5.65 Å². The number of ether oxygens (including phenoxy) is 1. The fraction of sp³-hybridized carbons (Fsp3) is 0.562. The van der Waals surface area contributed by atoms with Gasteiger partial charge in [0.2, 0.25) is 0 Å². The monoisotopic (exact) mass is 258 g/mol. The third-order valence-electron chi connectivity index (χ3n) is 4.32. The van der Waals surface area contributed by atoms with Crippen molar-refractivity contribution >= 4 is 11.0 Å². The zero-order chi connectivity index (χ0) is 13.4. The Bertz CT molecular complexity index is 573. The second-order valence-electron chi connectivity index (χ2n) is 5.79. The fourth-order valence-electron chi connectivity index (χ4n) is 3.32. The average Bonchev–Trinajstić information content (AvgIpc) is 3.02. The summed E-state index contributed by atoms with van der Waals surface area (Å²) in [5, 5.41) is 1.29. The van der Waals surface area contributed by atoms with Crippen LogP contribution in [0.15, 0.2) is 24.5 Å². The molecule has 0 aliphatic heterocycles. The lowest BCUT2D eigenvalue weighted by Gasteiger charge is -2.20. The molecule has 0 aromatic carbocycles. The molecule has 3 heteroatoms. The van der Waals surface area contributed by atoms with Crippen LogP contribution in [-0.2, 0) is 4.74 Å². The summed E-state index contributed by atoms with van der Waals surface area (Å²) < 4.78 is 8.00. The summed E-state index contributed by atoms with van der Waals surface area (Å²) in [6.07, 6.45) is 8.11. The number of nitrogens with zero attached hydrogens (tertiary/aromatic N) is 2. The highest BCUT2D eigenvalue weighted by Crippen LogP contribution is 2.36. The highest BCUT2D eigenvalue weighted by atomic mass is 16.5. The van der Waals surface area contributed by atoms with Crippen LogP contribution in [0.5, 0.6) is 0 Å². The summed E-state index contributed by atoms with van der Waals surface area (Å²) in [4.78, 5) is 4.60. The first kappa shape index (κ1) is 12.7. The van der Waals surface area contributed by atoms with E-state index in [0.29, 0.717) is 18.1 Å². The first-order valence-electron chi connectivity index (χ1n) is 7.20. The molecule has 0 unspecified atom stereocenters. The van der Waals surface area contributed by atoms with Gasteiger partial charge in [-0.2, -0.15) is 0 Å². The van der Waals surface area contributed by atoms with Crippen molar-refractivity contribution in [3.63, 3.8) is 0 Å². The number of pyridine rings is 1. The maximum Gasteiger partial charge on any atom is 0.140 e. The largest absolute Gasteiger partial charge is 0.379 e. The number of hydrogen-bond acceptors (Lipinski definition) is 2. The van der Waals surface area contributed by atoms with Crippen LogP contribution in [0.1, 0.15) is 50.6 Å². The molecule has 2 atom stereocenters. The summed E-state index contributed by atoms with van der Waals surface area (Å²) in [5.74, 6) is 0.523. The van der Waals surface area contributed by atoms with Crippen molar-refractivity contribution in [2.75, 3.05) is 7.11 Å². The van der Waals surface area contributed by atoms with E-state index in [1.807, 2.05) is 19.4 Å². The minimum absolute atomic E-state index is 0.331. The molecule has 0 N–H and O–H groups in total. The van der Waals surface area contributed by atoms with Crippen molar-refractivity contribution in [1.29, 1.82) is 0 Å². The van der Waals surface area contributed by atoms with Crippen LogP contribution in [0.2, 0.25) is 0 Å². The Hall–Kier alpha value is -1.35. The van der Waals surface area contributed by atoms with Gasteiger partial charge in [0.05, 0.1) is 12.1 Å². The smallest absolute Gasteiger partial charge is 0.140 e. The predicted molar refractivity (Wildman–Crippen MR) is 77.5 cm³/mol. The number of rotatable bonds is 3. The van der Waals surface area contributed by atoms with E-state index in [1.165, 1.54) is 23.8 Å². The molecular weight excluding hydrogens is 236 g/mol. The first-order valence-corrected chi connectivity index (χ1v) is 7.20. The van der Waals surface area contributed by atoms with E-state index < -0.39 is 0 Å². The minimum atomic E-state index is 0.331. The van der Waals surface area contributed by atoms with Gasteiger partial charge in [-0.1, -0.05) is 13.8 Å². The van der Waals surface area contributed by atoms with E-state index in [0.717, 1.165) is 12.1 Å². The molecule has 2 aromatic heterocycles. The third-order valence-corrected chi connectivity index (χ3v) is 4.32. The molecule has 2 aromatic rings. The Labute approximate surface area is 114 Å². The van der Waals surface area contributed by atoms with Crippen LogP contribution >= 0.6 is 0 Å². The van der Waals surface area contributed by atoms with E-state index in [-0.39, 0.29) is 0 Å². The standard InChI is InChI=1S/C16H22N2O/c1-11(2)13-10-18(14-7-4-8-15(14)19-3)16-12(13)6-5-9-17-16/h5-6,9-11,14-15H,4,7-8H2,1-3H3/t14-,15-/m1/s1. The van der Waals surface area contributed by atoms with Crippen molar-refractivity contribution < 1.29 is 4.74 Å². The normalized spacial score (nSPS) is 23.6. The fourth-order valence-corrected chi connectivity index (χ4v) is 3.32. The maximum atomic E-state index is 5.65. The highest BCUT2D eigenvalue weighted by Gasteiger charge is 2.30. The van der Waals surface area contributed by atoms with Crippen LogP contribution in [0.4, 0.5) is 0 Å². The maximum absolute atomic E-state index is 5.65. The molecule has 0 radical (unpaired) electrons. The van der Waals surface area contributed by atoms with Gasteiger partial charge in [-0.3, -0.25) is 0 Å². The molecule has 1 aliphatic rings. The van der Waals surface area contributed by atoms with Gasteiger partial charge in [-0.15, -0.1) is 0 Å². The van der Waals surface area contributed by atoms with Gasteiger partial charge in [-0.05, 0) is 42.9 Å². The Morgan fingerprint density at radius 2 is 2.21 bits per heavy atom. The zero-order valence-electron chi connectivity index (χ0n) is 12.0. The summed E-state index contributed by atoms with van der Waals surface area (Å²) in [5.41, 5.74) is 2.50. The first-order chi connectivity index (χ1) is 9.22. The molecule has 19 heavy (non-hydrogen) atoms. The molecular formula is C16H22N2O. The lowest BCUT2D eigenvalue weighted by Crippen LogP contribution is -2.20. The molecule has 2 heterocycles. The van der Waals surface area contributed by atoms with Crippen LogP contribution < -0.4 is 0 Å². The van der Waals surface area contributed by atoms with E-state index >= 15 is 0 Å². The Morgan fingerprint density at radius 3 is 2.95 bits per heavy atom. The van der Waals surface area contributed by atoms with Gasteiger partial charge in [0, 0.05) is 24.9 Å². The molecule has 1 saturated carbocycles. The van der Waals surface area contributed by atoms with Crippen LogP contribution in [0.3, 0.4) is 0 Å². The van der Waals surface area contributed by atoms with Gasteiger partial charge >= 0.3 is 0 Å². The average molecular weight is 258 g/mol. The number of methoxy groups -OCH3 is 1. The van der Waals surface area contributed by atoms with Crippen molar-refractivity contribution in [2.45, 2.75) is 51.2 Å². The van der Waals surface area contributed by atoms with Crippen LogP contribution in [-0.4, -0.2) is 22.8 Å². The molecule has 0 spiro atoms. The van der Waals surface area contributed by atoms with Gasteiger partial charge in [-0.25, -0.2) is 4.98 Å². The second-order valence-corrected chi connectivity index (χ2v) is 5.79. The van der Waals surface area contributed by atoms with Crippen molar-refractivity contribution in [3.05, 3.63) is 30.1 Å². The molecule has 3 nitrogen and oxygen atoms in total. The molecule has 0 amide bonds. The quantitative estimate of drug-likeness (QED) is 0.835. The molecule has 1 fully saturated rings. The third kappa shape index (κ3) is 2.06. The van der Waals surface area contributed by atoms with Gasteiger partial charge in [0.25, 0.3) is 0 Å². The lowest BCUT2D eigenvalue weighted by atomic mass is 10.0. The highest BCUT2D eigenvalue weighted by molar-refractivity contribution is 5.81. The molecule has 0 saturated heterocycles. The van der Waals surface area contributed by atoms with Crippen molar-refractivity contribution in [2.24, 2.45) is 0 Å². The molecule has 3 rings (SSSR count). The minimum Gasteiger partial charge on any atom is -0.379 e. The van der Waals surface area contributed by atoms with Gasteiger partial charge in [0.15, 0.2) is 0 Å². The number of aromatic nitrogens is 2. The summed E-state index contributed by atoms with van der Waals surface area (Å²) in [6.45, 7) is 4.49. The van der Waals surface area contributed by atoms with Gasteiger partial charge < -0.3 is 9.30 Å². The molecule has 1 aliphatic carbocycles. The summed E-state index contributed by atoms with van der Waals surface area (Å²) >= 11 is 0. The van der Waals surface area contributed by atoms with Crippen LogP contribution in [0, 0.1) is 0 Å². The van der Waals surface area contributed by atoms with E-state index in [2.05, 4.69) is 35.7 Å². The van der Waals surface area contributed by atoms with Crippen molar-refractivity contribution in [1.82, 2.24) is 9.55 Å². The van der Waals surface area contributed by atoms with E-state index in [1.54, 1.807) is 0 Å². The summed E-state index contributed by atoms with van der Waals surface area (Å²) in [6, 6.07) is 4.65. The SMILES string of the molecule is CO[C@@H]1CCC[C@H]1n1cc(C(C)C)c2cccnc21. The lowest BCUT2D eigenvalue weighted by molar-refractivity contribution is 0.0761. The van der Waals surface area contributed by atoms with Crippen LogP contribution in [0.25, 0.3) is 11.0 Å². The Kier molecular flexibility index (Phi) is 3.31. The number of hydrogen-bond donors (Lipinski definition) is 0. The second kappa shape index (κ2) is 4.97. The van der Waals surface area contributed by atoms with E-state index in [4.69, 9.17) is 4.74 Å². The van der Waals surface area contributed by atoms with E-state index in [9.17, 15) is 0 Å². The predicted octanol–water partition coefficient (Wildman–Crippen LogP) is 3.90. The zero-order valence-corrected chi connectivity index (χ0v) is 12.0. The van der Waals surface area contributed by atoms with Crippen molar-refractivity contribution in [3.8, 4) is 0 Å². The molecule has 102 valence electrons. The Balaban J connectivity index is 2.13. The number of fused-ring (bicyclic) bond motifs is 1. The molecule has 0 bridgehead atoms. The summed E-state index contributed by atoms with van der Waals surface area (Å²) in [7, 11) is 1.82. The Morgan fingerprint density at radius 1 is 1.37 bits per heavy atom. The topological polar surface area (TPSA) is 27.1 Å².